The fourth-order valence-corrected chi connectivity index (χ4v) is 14.3. The van der Waals surface area contributed by atoms with Crippen molar-refractivity contribution in [3.05, 3.63) is 85.1 Å². The number of aliphatic hydroxyl groups is 8. The fraction of sp³-hybridized carbons (Fsp3) is 0.833. The highest BCUT2D eigenvalue weighted by molar-refractivity contribution is 5.76. The molecule has 2 saturated heterocycles. The van der Waals surface area contributed by atoms with Crippen LogP contribution in [0.2, 0.25) is 0 Å². The molecule has 12 unspecified atom stereocenters. The minimum atomic E-state index is -1.79. The Kier molecular flexibility index (Phi) is 68.3. The van der Waals surface area contributed by atoms with E-state index in [0.717, 1.165) is 96.3 Å². The quantitative estimate of drug-likeness (QED) is 0.0204. The SMILES string of the molecule is CC/C=C\C/C=C\C/C=C\C/C=C\C/C=C\C/C=C\C/C=C\CCCCCCCCCCCCCCCCCCCC(=O)NC(COC1OC(CO)C(OC2OC(CO)C(O)C(O)C2O)C(O)C1O)C(O)CCCCCCCCCCCCCCCCCCCCCCCCCCCCCCCCC. The predicted octanol–water partition coefficient (Wildman–Crippen LogP) is 21.0. The van der Waals surface area contributed by atoms with E-state index in [1.165, 1.54) is 263 Å². The maximum absolute atomic E-state index is 13.4. The molecule has 2 aliphatic heterocycles. The summed E-state index contributed by atoms with van der Waals surface area (Å²) in [5.74, 6) is -0.202. The molecule has 1 amide bonds. The molecule has 0 radical (unpaired) electrons. The van der Waals surface area contributed by atoms with E-state index in [4.69, 9.17) is 18.9 Å². The van der Waals surface area contributed by atoms with Gasteiger partial charge in [-0.2, -0.15) is 0 Å². The molecule has 104 heavy (non-hydrogen) atoms. The third-order valence-corrected chi connectivity index (χ3v) is 21.1. The Bertz CT molecular complexity index is 2080. The highest BCUT2D eigenvalue weighted by Crippen LogP contribution is 2.31. The summed E-state index contributed by atoms with van der Waals surface area (Å²) in [6.07, 6.45) is 86.4. The van der Waals surface area contributed by atoms with Crippen molar-refractivity contribution in [3.63, 3.8) is 0 Å². The van der Waals surface area contributed by atoms with Crippen LogP contribution in [0.5, 0.6) is 0 Å². The standard InChI is InChI=1S/C90H163NO13/c1-3-5-7-9-11-13-15-17-19-21-23-25-27-29-31-33-35-36-37-38-39-40-41-42-44-46-48-50-52-54-56-58-60-62-64-66-68-70-72-74-82(95)91-78(77-101-89-87(100)85(98)88(81(76-93)103-89)104-90-86(99)84(97)83(96)80(75-92)102-90)79(94)73-71-69-67-65-63-61-59-57-55-53-51-49-47-45-43-34-32-30-28-26-24-22-20-18-16-14-12-10-8-6-4-2/h5,7,11,13,17,19,23,25,29,31,35-36,38-39,78-81,83-90,92-94,96-100H,3-4,6,8-10,12,14-16,18,20-22,24,26-28,30,32-34,37,40-77H2,1-2H3,(H,91,95)/b7-5-,13-11-,19-17-,25-23-,31-29-,36-35-,39-38-. The van der Waals surface area contributed by atoms with Crippen molar-refractivity contribution < 1.29 is 64.6 Å². The lowest BCUT2D eigenvalue weighted by atomic mass is 9.97. The Morgan fingerprint density at radius 3 is 1.02 bits per heavy atom. The van der Waals surface area contributed by atoms with Gasteiger partial charge in [-0.25, -0.2) is 0 Å². The molecular weight excluding hydrogens is 1300 g/mol. The molecule has 0 spiro atoms. The molecule has 0 aliphatic carbocycles. The largest absolute Gasteiger partial charge is 0.394 e. The number of rotatable bonds is 74. The van der Waals surface area contributed by atoms with Crippen LogP contribution in [0.25, 0.3) is 0 Å². The number of hydrogen-bond acceptors (Lipinski definition) is 13. The number of carbonyl (C=O) groups excluding carboxylic acids is 1. The molecule has 12 atom stereocenters. The first-order valence-electron chi connectivity index (χ1n) is 43.8. The van der Waals surface area contributed by atoms with Gasteiger partial charge in [0.15, 0.2) is 12.6 Å². The van der Waals surface area contributed by atoms with Crippen LogP contribution in [0, 0.1) is 0 Å². The van der Waals surface area contributed by atoms with Crippen LogP contribution < -0.4 is 5.32 Å². The van der Waals surface area contributed by atoms with Crippen molar-refractivity contribution in [2.75, 3.05) is 19.8 Å². The van der Waals surface area contributed by atoms with Crippen molar-refractivity contribution >= 4 is 5.91 Å². The first kappa shape index (κ1) is 97.2. The lowest BCUT2D eigenvalue weighted by Gasteiger charge is -2.46. The summed E-state index contributed by atoms with van der Waals surface area (Å²) in [6, 6.07) is -0.834. The molecule has 0 bridgehead atoms. The Morgan fingerprint density at radius 1 is 0.356 bits per heavy atom. The lowest BCUT2D eigenvalue weighted by Crippen LogP contribution is -2.65. The molecule has 0 aromatic rings. The number of amides is 1. The van der Waals surface area contributed by atoms with Crippen LogP contribution in [0.1, 0.15) is 386 Å². The Hall–Kier alpha value is -2.83. The van der Waals surface area contributed by atoms with E-state index in [1.54, 1.807) is 0 Å². The summed E-state index contributed by atoms with van der Waals surface area (Å²) >= 11 is 0. The molecule has 14 nitrogen and oxygen atoms in total. The molecule has 14 heteroatoms. The molecule has 606 valence electrons. The van der Waals surface area contributed by atoms with Gasteiger partial charge in [0.2, 0.25) is 5.91 Å². The third-order valence-electron chi connectivity index (χ3n) is 21.1. The second-order valence-corrected chi connectivity index (χ2v) is 30.6. The summed E-state index contributed by atoms with van der Waals surface area (Å²) in [5.41, 5.74) is 0. The Morgan fingerprint density at radius 2 is 0.663 bits per heavy atom. The molecule has 2 rings (SSSR count). The average Bonchev–Trinajstić information content (AvgIpc) is 0.791. The highest BCUT2D eigenvalue weighted by atomic mass is 16.7. The van der Waals surface area contributed by atoms with Crippen LogP contribution >= 0.6 is 0 Å². The summed E-state index contributed by atoms with van der Waals surface area (Å²) in [7, 11) is 0. The van der Waals surface area contributed by atoms with Crippen molar-refractivity contribution in [2.24, 2.45) is 0 Å². The van der Waals surface area contributed by atoms with Crippen LogP contribution in [-0.2, 0) is 23.7 Å². The van der Waals surface area contributed by atoms with E-state index in [0.29, 0.717) is 12.8 Å². The number of nitrogens with one attached hydrogen (secondary N) is 1. The number of hydrogen-bond donors (Lipinski definition) is 9. The summed E-state index contributed by atoms with van der Waals surface area (Å²) < 4.78 is 23.0. The molecule has 0 aromatic heterocycles. The van der Waals surface area contributed by atoms with Gasteiger partial charge in [0, 0.05) is 6.42 Å². The zero-order valence-corrected chi connectivity index (χ0v) is 66.8. The summed E-state index contributed by atoms with van der Waals surface area (Å²) in [5, 5.41) is 88.0. The topological polar surface area (TPSA) is 228 Å². The molecule has 9 N–H and O–H groups in total. The van der Waals surface area contributed by atoms with E-state index in [1.807, 2.05) is 0 Å². The summed E-state index contributed by atoms with van der Waals surface area (Å²) in [4.78, 5) is 13.4. The van der Waals surface area contributed by atoms with E-state index < -0.39 is 86.8 Å². The monoisotopic (exact) mass is 1470 g/mol. The normalized spacial score (nSPS) is 21.9. The zero-order valence-electron chi connectivity index (χ0n) is 66.8. The Labute approximate surface area is 637 Å². The number of allylic oxidation sites excluding steroid dienone is 14. The van der Waals surface area contributed by atoms with Crippen LogP contribution in [0.15, 0.2) is 85.1 Å². The highest BCUT2D eigenvalue weighted by Gasteiger charge is 2.51. The van der Waals surface area contributed by atoms with Gasteiger partial charge < -0.3 is 65.1 Å². The van der Waals surface area contributed by atoms with Gasteiger partial charge in [-0.05, 0) is 70.6 Å². The predicted molar refractivity (Wildman–Crippen MR) is 433 cm³/mol. The van der Waals surface area contributed by atoms with E-state index >= 15 is 0 Å². The summed E-state index contributed by atoms with van der Waals surface area (Å²) in [6.45, 7) is 2.81. The van der Waals surface area contributed by atoms with Gasteiger partial charge in [-0.3, -0.25) is 4.79 Å². The van der Waals surface area contributed by atoms with Gasteiger partial charge in [0.25, 0.3) is 0 Å². The van der Waals surface area contributed by atoms with Gasteiger partial charge in [0.05, 0.1) is 32.0 Å². The fourth-order valence-electron chi connectivity index (χ4n) is 14.3. The van der Waals surface area contributed by atoms with Crippen molar-refractivity contribution in [3.8, 4) is 0 Å². The second-order valence-electron chi connectivity index (χ2n) is 30.6. The van der Waals surface area contributed by atoms with Crippen molar-refractivity contribution in [2.45, 2.75) is 460 Å². The molecule has 2 heterocycles. The van der Waals surface area contributed by atoms with E-state index in [2.05, 4.69) is 104 Å². The molecule has 2 fully saturated rings. The van der Waals surface area contributed by atoms with Crippen LogP contribution in [0.4, 0.5) is 0 Å². The van der Waals surface area contributed by atoms with E-state index in [9.17, 15) is 45.6 Å². The maximum atomic E-state index is 13.4. The van der Waals surface area contributed by atoms with Gasteiger partial charge in [0.1, 0.15) is 48.8 Å². The van der Waals surface area contributed by atoms with Gasteiger partial charge >= 0.3 is 0 Å². The van der Waals surface area contributed by atoms with E-state index in [-0.39, 0.29) is 12.5 Å². The molecule has 2 aliphatic rings. The molecule has 0 aromatic carbocycles. The first-order chi connectivity index (χ1) is 51.1. The van der Waals surface area contributed by atoms with Crippen LogP contribution in [0.3, 0.4) is 0 Å². The first-order valence-corrected chi connectivity index (χ1v) is 43.8. The Balaban J connectivity index is 1.57. The maximum Gasteiger partial charge on any atom is 0.220 e. The number of ether oxygens (including phenoxy) is 4. The smallest absolute Gasteiger partial charge is 0.220 e. The van der Waals surface area contributed by atoms with Crippen molar-refractivity contribution in [1.29, 1.82) is 0 Å². The molecular formula is C90H163NO13. The minimum Gasteiger partial charge on any atom is -0.394 e. The van der Waals surface area contributed by atoms with Gasteiger partial charge in [-0.15, -0.1) is 0 Å². The second kappa shape index (κ2) is 73.0. The van der Waals surface area contributed by atoms with Gasteiger partial charge in [-0.1, -0.05) is 394 Å². The number of unbranched alkanes of at least 4 members (excludes halogenated alkanes) is 47. The number of aliphatic hydroxyl groups excluding tert-OH is 8. The van der Waals surface area contributed by atoms with Crippen molar-refractivity contribution in [1.82, 2.24) is 5.32 Å². The average molecular weight is 1470 g/mol. The molecule has 0 saturated carbocycles. The third kappa shape index (κ3) is 54.7. The zero-order chi connectivity index (χ0) is 75.1. The lowest BCUT2D eigenvalue weighted by molar-refractivity contribution is -0.359. The van der Waals surface area contributed by atoms with Crippen LogP contribution in [-0.4, -0.2) is 140 Å². The minimum absolute atomic E-state index is 0.202. The number of carbonyl (C=O) groups is 1.